The van der Waals surface area contributed by atoms with Crippen molar-refractivity contribution in [3.05, 3.63) is 12.7 Å². The van der Waals surface area contributed by atoms with E-state index >= 15 is 0 Å². The van der Waals surface area contributed by atoms with Gasteiger partial charge in [0.1, 0.15) is 9.84 Å². The molecule has 0 N–H and O–H groups in total. The molecule has 0 radical (unpaired) electrons. The van der Waals surface area contributed by atoms with Gasteiger partial charge in [0.15, 0.2) is 0 Å². The molecule has 0 saturated heterocycles. The monoisotopic (exact) mass is 246 g/mol. The number of rotatable bonds is 11. The second-order valence-electron chi connectivity index (χ2n) is 4.35. The van der Waals surface area contributed by atoms with Gasteiger partial charge in [-0.2, -0.15) is 0 Å². The molecule has 0 atom stereocenters. The van der Waals surface area contributed by atoms with Crippen molar-refractivity contribution in [1.29, 1.82) is 0 Å². The third-order valence-corrected chi connectivity index (χ3v) is 4.49. The van der Waals surface area contributed by atoms with Crippen molar-refractivity contribution in [3.63, 3.8) is 0 Å². The fraction of sp³-hybridized carbons (Fsp3) is 0.846. The van der Waals surface area contributed by atoms with Crippen molar-refractivity contribution in [1.82, 2.24) is 0 Å². The van der Waals surface area contributed by atoms with Gasteiger partial charge in [-0.1, -0.05) is 38.7 Å². The maximum absolute atomic E-state index is 11.6. The Morgan fingerprint density at radius 1 is 0.938 bits per heavy atom. The Hall–Kier alpha value is -0.310. The van der Waals surface area contributed by atoms with Gasteiger partial charge in [-0.25, -0.2) is 8.42 Å². The van der Waals surface area contributed by atoms with Crippen molar-refractivity contribution >= 4 is 9.84 Å². The third-order valence-electron chi connectivity index (χ3n) is 2.67. The minimum absolute atomic E-state index is 0.371. The summed E-state index contributed by atoms with van der Waals surface area (Å²) in [5, 5.41) is 0. The van der Waals surface area contributed by atoms with E-state index in [4.69, 9.17) is 0 Å². The van der Waals surface area contributed by atoms with Gasteiger partial charge in [0.05, 0.1) is 11.5 Å². The highest BCUT2D eigenvalue weighted by Gasteiger charge is 2.09. The average Bonchev–Trinajstić information content (AvgIpc) is 2.24. The summed E-state index contributed by atoms with van der Waals surface area (Å²) in [6.45, 7) is 5.78. The predicted octanol–water partition coefficient (Wildman–Crippen LogP) is 3.73. The molecular weight excluding hydrogens is 220 g/mol. The van der Waals surface area contributed by atoms with E-state index in [1.807, 2.05) is 6.08 Å². The van der Waals surface area contributed by atoms with Gasteiger partial charge in [0.2, 0.25) is 0 Å². The summed E-state index contributed by atoms with van der Waals surface area (Å²) >= 11 is 0. The zero-order valence-electron chi connectivity index (χ0n) is 10.6. The lowest BCUT2D eigenvalue weighted by Gasteiger charge is -2.03. The Morgan fingerprint density at radius 3 is 2.00 bits per heavy atom. The first kappa shape index (κ1) is 15.7. The van der Waals surface area contributed by atoms with Gasteiger partial charge in [-0.3, -0.25) is 0 Å². The normalized spacial score (nSPS) is 11.6. The van der Waals surface area contributed by atoms with E-state index in [2.05, 4.69) is 13.5 Å². The number of allylic oxidation sites excluding steroid dienone is 1. The van der Waals surface area contributed by atoms with Crippen molar-refractivity contribution in [3.8, 4) is 0 Å². The van der Waals surface area contributed by atoms with Crippen molar-refractivity contribution < 1.29 is 8.42 Å². The fourth-order valence-corrected chi connectivity index (χ4v) is 3.13. The first-order valence-electron chi connectivity index (χ1n) is 6.43. The maximum atomic E-state index is 11.6. The van der Waals surface area contributed by atoms with E-state index in [0.29, 0.717) is 11.5 Å². The number of hydrogen-bond acceptors (Lipinski definition) is 2. The molecule has 3 heteroatoms. The van der Waals surface area contributed by atoms with Gasteiger partial charge in [0, 0.05) is 0 Å². The lowest BCUT2D eigenvalue weighted by atomic mass is 10.2. The summed E-state index contributed by atoms with van der Waals surface area (Å²) in [5.74, 6) is 0.755. The quantitative estimate of drug-likeness (QED) is 0.411. The Kier molecular flexibility index (Phi) is 9.69. The van der Waals surface area contributed by atoms with Gasteiger partial charge in [-0.05, 0) is 25.7 Å². The Bertz CT molecular complexity index is 255. The molecule has 0 bridgehead atoms. The largest absolute Gasteiger partial charge is 0.229 e. The van der Waals surface area contributed by atoms with Gasteiger partial charge in [-0.15, -0.1) is 6.58 Å². The van der Waals surface area contributed by atoms with E-state index in [-0.39, 0.29) is 0 Å². The highest BCUT2D eigenvalue weighted by atomic mass is 32.2. The minimum atomic E-state index is -2.78. The van der Waals surface area contributed by atoms with E-state index in [1.165, 1.54) is 0 Å². The van der Waals surface area contributed by atoms with Crippen LogP contribution in [-0.2, 0) is 9.84 Å². The molecule has 0 spiro atoms. The molecule has 0 unspecified atom stereocenters. The number of sulfone groups is 1. The zero-order chi connectivity index (χ0) is 12.3. The first-order chi connectivity index (χ1) is 7.62. The molecule has 0 aromatic rings. The lowest BCUT2D eigenvalue weighted by Crippen LogP contribution is -2.11. The molecule has 96 valence electrons. The molecule has 0 aromatic heterocycles. The van der Waals surface area contributed by atoms with E-state index in [0.717, 1.165) is 51.4 Å². The lowest BCUT2D eigenvalue weighted by molar-refractivity contribution is 0.583. The number of hydrogen-bond donors (Lipinski definition) is 0. The highest BCUT2D eigenvalue weighted by Crippen LogP contribution is 2.07. The van der Waals surface area contributed by atoms with Crippen LogP contribution in [0.3, 0.4) is 0 Å². The van der Waals surface area contributed by atoms with Crippen molar-refractivity contribution in [2.24, 2.45) is 0 Å². The summed E-state index contributed by atoms with van der Waals surface area (Å²) in [4.78, 5) is 0. The van der Waals surface area contributed by atoms with Crippen molar-refractivity contribution in [2.45, 2.75) is 58.3 Å². The minimum Gasteiger partial charge on any atom is -0.229 e. The molecule has 2 nitrogen and oxygen atoms in total. The van der Waals surface area contributed by atoms with E-state index in [1.54, 1.807) is 0 Å². The molecule has 0 rings (SSSR count). The first-order valence-corrected chi connectivity index (χ1v) is 8.26. The summed E-state index contributed by atoms with van der Waals surface area (Å²) in [6.07, 6.45) is 9.94. The molecule has 16 heavy (non-hydrogen) atoms. The molecule has 0 aliphatic carbocycles. The van der Waals surface area contributed by atoms with Crippen molar-refractivity contribution in [2.75, 3.05) is 11.5 Å². The third kappa shape index (κ3) is 10.2. The average molecular weight is 246 g/mol. The maximum Gasteiger partial charge on any atom is 0.150 e. The molecule has 0 amide bonds. The second-order valence-corrected chi connectivity index (χ2v) is 6.65. The van der Waals surface area contributed by atoms with Gasteiger partial charge in [0.25, 0.3) is 0 Å². The SMILES string of the molecule is C=CCCCCCS(=O)(=O)CCCCCC. The topological polar surface area (TPSA) is 34.1 Å². The smallest absolute Gasteiger partial charge is 0.150 e. The van der Waals surface area contributed by atoms with Crippen LogP contribution in [0.25, 0.3) is 0 Å². The van der Waals surface area contributed by atoms with Crippen LogP contribution in [0.4, 0.5) is 0 Å². The van der Waals surface area contributed by atoms with Crippen LogP contribution in [0.15, 0.2) is 12.7 Å². The van der Waals surface area contributed by atoms with Gasteiger partial charge >= 0.3 is 0 Å². The Balaban J connectivity index is 3.50. The van der Waals surface area contributed by atoms with E-state index in [9.17, 15) is 8.42 Å². The highest BCUT2D eigenvalue weighted by molar-refractivity contribution is 7.91. The molecule has 0 aliphatic heterocycles. The zero-order valence-corrected chi connectivity index (χ0v) is 11.4. The van der Waals surface area contributed by atoms with Crippen LogP contribution in [0.1, 0.15) is 58.3 Å². The van der Waals surface area contributed by atoms with Crippen LogP contribution >= 0.6 is 0 Å². The fourth-order valence-electron chi connectivity index (χ4n) is 1.64. The summed E-state index contributed by atoms with van der Waals surface area (Å²) in [5.41, 5.74) is 0. The summed E-state index contributed by atoms with van der Waals surface area (Å²) in [7, 11) is -2.78. The molecular formula is C13H26O2S. The molecule has 0 fully saturated rings. The van der Waals surface area contributed by atoms with Crippen LogP contribution in [0.5, 0.6) is 0 Å². The Labute approximate surface area is 101 Å². The standard InChI is InChI=1S/C13H26O2S/c1-3-5-7-9-11-13-16(14,15)12-10-8-6-4-2/h3H,1,4-13H2,2H3. The van der Waals surface area contributed by atoms with Crippen LogP contribution < -0.4 is 0 Å². The molecule has 0 aromatic carbocycles. The molecule has 0 aliphatic rings. The Morgan fingerprint density at radius 2 is 1.50 bits per heavy atom. The van der Waals surface area contributed by atoms with E-state index < -0.39 is 9.84 Å². The second kappa shape index (κ2) is 9.88. The summed E-state index contributed by atoms with van der Waals surface area (Å²) in [6, 6.07) is 0. The predicted molar refractivity (Wildman–Crippen MR) is 71.5 cm³/mol. The van der Waals surface area contributed by atoms with Crippen LogP contribution in [0, 0.1) is 0 Å². The van der Waals surface area contributed by atoms with Gasteiger partial charge < -0.3 is 0 Å². The molecule has 0 heterocycles. The molecule has 0 saturated carbocycles. The van der Waals surface area contributed by atoms with Crippen LogP contribution in [0.2, 0.25) is 0 Å². The summed E-state index contributed by atoms with van der Waals surface area (Å²) < 4.78 is 23.2. The van der Waals surface area contributed by atoms with Crippen LogP contribution in [-0.4, -0.2) is 19.9 Å². The number of unbranched alkanes of at least 4 members (excludes halogenated alkanes) is 6.